The predicted octanol–water partition coefficient (Wildman–Crippen LogP) is 4.69. The summed E-state index contributed by atoms with van der Waals surface area (Å²) in [7, 11) is 0. The Morgan fingerprint density at radius 2 is 1.59 bits per heavy atom. The first-order valence-electron chi connectivity index (χ1n) is 8.73. The monoisotopic (exact) mass is 357 g/mol. The first-order valence-corrected chi connectivity index (χ1v) is 8.73. The Bertz CT molecular complexity index is 1160. The van der Waals surface area contributed by atoms with Crippen molar-refractivity contribution in [2.24, 2.45) is 0 Å². The number of aromatic nitrogens is 3. The van der Waals surface area contributed by atoms with Crippen LogP contribution in [0.2, 0.25) is 0 Å². The lowest BCUT2D eigenvalue weighted by molar-refractivity contribution is 0.0690. The summed E-state index contributed by atoms with van der Waals surface area (Å²) in [5.41, 5.74) is 7.14. The molecular formula is C22H19N3O2. The molecular weight excluding hydrogens is 338 g/mol. The van der Waals surface area contributed by atoms with E-state index >= 15 is 0 Å². The fourth-order valence-corrected chi connectivity index (χ4v) is 3.55. The van der Waals surface area contributed by atoms with Crippen molar-refractivity contribution in [3.05, 3.63) is 77.1 Å². The number of hydrogen-bond acceptors (Lipinski definition) is 3. The number of carbonyl (C=O) groups is 1. The van der Waals surface area contributed by atoms with Gasteiger partial charge in [0, 0.05) is 5.56 Å². The van der Waals surface area contributed by atoms with Gasteiger partial charge in [-0.3, -0.25) is 0 Å². The van der Waals surface area contributed by atoms with Crippen molar-refractivity contribution in [1.29, 1.82) is 0 Å². The molecule has 2 aromatic heterocycles. The summed E-state index contributed by atoms with van der Waals surface area (Å²) < 4.78 is 1.75. The summed E-state index contributed by atoms with van der Waals surface area (Å²) in [5, 5.41) is 14.3. The van der Waals surface area contributed by atoms with Gasteiger partial charge < -0.3 is 5.11 Å². The molecule has 0 aliphatic carbocycles. The van der Waals surface area contributed by atoms with Gasteiger partial charge in [0.05, 0.1) is 17.0 Å². The number of carboxylic acid groups (broad SMARTS) is 1. The number of rotatable bonds is 3. The molecule has 0 atom stereocenters. The molecule has 0 amide bonds. The summed E-state index contributed by atoms with van der Waals surface area (Å²) in [6.07, 6.45) is 0. The zero-order valence-corrected chi connectivity index (χ0v) is 15.4. The molecule has 27 heavy (non-hydrogen) atoms. The first-order chi connectivity index (χ1) is 13.0. The van der Waals surface area contributed by atoms with Crippen LogP contribution in [0.15, 0.2) is 54.6 Å². The predicted molar refractivity (Wildman–Crippen MR) is 105 cm³/mol. The van der Waals surface area contributed by atoms with E-state index in [-0.39, 0.29) is 5.69 Å². The molecule has 134 valence electrons. The maximum atomic E-state index is 11.7. The third kappa shape index (κ3) is 2.77. The molecule has 2 aromatic carbocycles. The second-order valence-corrected chi connectivity index (χ2v) is 6.66. The Morgan fingerprint density at radius 3 is 2.22 bits per heavy atom. The SMILES string of the molecule is Cc1cccc(C)c1-c1c(C)nn2c(-c3ccccc3)cc(C(=O)O)nc12. The lowest BCUT2D eigenvalue weighted by Gasteiger charge is -2.10. The molecule has 4 aromatic rings. The second-order valence-electron chi connectivity index (χ2n) is 6.66. The molecule has 0 unspecified atom stereocenters. The topological polar surface area (TPSA) is 67.5 Å². The molecule has 2 heterocycles. The number of fused-ring (bicyclic) bond motifs is 1. The summed E-state index contributed by atoms with van der Waals surface area (Å²) >= 11 is 0. The van der Waals surface area contributed by atoms with Crippen molar-refractivity contribution in [3.8, 4) is 22.4 Å². The van der Waals surface area contributed by atoms with Gasteiger partial charge in [0.25, 0.3) is 0 Å². The van der Waals surface area contributed by atoms with E-state index in [9.17, 15) is 9.90 Å². The van der Waals surface area contributed by atoms with Gasteiger partial charge in [-0.1, -0.05) is 48.5 Å². The highest BCUT2D eigenvalue weighted by Gasteiger charge is 2.21. The number of benzene rings is 2. The Kier molecular flexibility index (Phi) is 4.00. The highest BCUT2D eigenvalue weighted by molar-refractivity contribution is 5.91. The van der Waals surface area contributed by atoms with Crippen LogP contribution in [-0.2, 0) is 0 Å². The largest absolute Gasteiger partial charge is 0.477 e. The number of aryl methyl sites for hydroxylation is 3. The molecule has 0 aliphatic rings. The van der Waals surface area contributed by atoms with E-state index in [0.717, 1.165) is 33.5 Å². The molecule has 0 radical (unpaired) electrons. The Balaban J connectivity index is 2.13. The van der Waals surface area contributed by atoms with Crippen molar-refractivity contribution in [2.45, 2.75) is 20.8 Å². The van der Waals surface area contributed by atoms with E-state index in [1.54, 1.807) is 10.6 Å². The number of nitrogens with zero attached hydrogens (tertiary/aromatic N) is 3. The maximum absolute atomic E-state index is 11.7. The van der Waals surface area contributed by atoms with Gasteiger partial charge in [0.1, 0.15) is 0 Å². The smallest absolute Gasteiger partial charge is 0.354 e. The van der Waals surface area contributed by atoms with E-state index in [2.05, 4.69) is 4.98 Å². The van der Waals surface area contributed by atoms with Gasteiger partial charge in [-0.2, -0.15) is 5.10 Å². The fourth-order valence-electron chi connectivity index (χ4n) is 3.55. The van der Waals surface area contributed by atoms with Crippen LogP contribution in [0.25, 0.3) is 28.0 Å². The van der Waals surface area contributed by atoms with Crippen LogP contribution in [0.3, 0.4) is 0 Å². The molecule has 0 aliphatic heterocycles. The molecule has 0 spiro atoms. The summed E-state index contributed by atoms with van der Waals surface area (Å²) in [6.45, 7) is 6.03. The molecule has 4 rings (SSSR count). The van der Waals surface area contributed by atoms with Crippen LogP contribution < -0.4 is 0 Å². The first kappa shape index (κ1) is 17.0. The second kappa shape index (κ2) is 6.36. The lowest BCUT2D eigenvalue weighted by Crippen LogP contribution is -2.06. The van der Waals surface area contributed by atoms with E-state index < -0.39 is 5.97 Å². The van der Waals surface area contributed by atoms with Gasteiger partial charge in [-0.05, 0) is 43.5 Å². The fraction of sp³-hybridized carbons (Fsp3) is 0.136. The highest BCUT2D eigenvalue weighted by atomic mass is 16.4. The minimum absolute atomic E-state index is 0.00809. The van der Waals surface area contributed by atoms with Crippen LogP contribution in [0.1, 0.15) is 27.3 Å². The molecule has 0 fully saturated rings. The van der Waals surface area contributed by atoms with Crippen LogP contribution >= 0.6 is 0 Å². The Labute approximate surface area is 156 Å². The van der Waals surface area contributed by atoms with Crippen LogP contribution in [0.4, 0.5) is 0 Å². The van der Waals surface area contributed by atoms with E-state index in [1.807, 2.05) is 69.3 Å². The van der Waals surface area contributed by atoms with E-state index in [1.165, 1.54) is 0 Å². The van der Waals surface area contributed by atoms with Gasteiger partial charge in [-0.15, -0.1) is 0 Å². The third-order valence-electron chi connectivity index (χ3n) is 4.78. The van der Waals surface area contributed by atoms with Gasteiger partial charge >= 0.3 is 5.97 Å². The zero-order valence-electron chi connectivity index (χ0n) is 15.4. The third-order valence-corrected chi connectivity index (χ3v) is 4.78. The Hall–Kier alpha value is -3.47. The van der Waals surface area contributed by atoms with E-state index in [4.69, 9.17) is 5.10 Å². The molecule has 1 N–H and O–H groups in total. The van der Waals surface area contributed by atoms with Crippen LogP contribution in [0.5, 0.6) is 0 Å². The minimum atomic E-state index is -1.05. The minimum Gasteiger partial charge on any atom is -0.477 e. The maximum Gasteiger partial charge on any atom is 0.354 e. The number of carboxylic acids is 1. The standard InChI is InChI=1S/C22H19N3O2/c1-13-8-7-9-14(2)19(13)20-15(3)24-25-18(16-10-5-4-6-11-16)12-17(22(26)27)23-21(20)25/h4-12H,1-3H3,(H,26,27). The van der Waals surface area contributed by atoms with Crippen LogP contribution in [-0.4, -0.2) is 25.7 Å². The van der Waals surface area contributed by atoms with Crippen molar-refractivity contribution in [2.75, 3.05) is 0 Å². The van der Waals surface area contributed by atoms with Gasteiger partial charge in [0.15, 0.2) is 11.3 Å². The molecule has 5 nitrogen and oxygen atoms in total. The molecule has 0 saturated heterocycles. The average molecular weight is 357 g/mol. The number of aromatic carboxylic acids is 1. The summed E-state index contributed by atoms with van der Waals surface area (Å²) in [6, 6.07) is 17.3. The van der Waals surface area contributed by atoms with Crippen LogP contribution in [0, 0.1) is 20.8 Å². The van der Waals surface area contributed by atoms with Crippen molar-refractivity contribution in [3.63, 3.8) is 0 Å². The van der Waals surface area contributed by atoms with Crippen molar-refractivity contribution < 1.29 is 9.90 Å². The average Bonchev–Trinajstić information content (AvgIpc) is 2.97. The van der Waals surface area contributed by atoms with Crippen molar-refractivity contribution in [1.82, 2.24) is 14.6 Å². The van der Waals surface area contributed by atoms with Gasteiger partial charge in [0.2, 0.25) is 0 Å². The molecule has 5 heteroatoms. The van der Waals surface area contributed by atoms with E-state index in [0.29, 0.717) is 11.3 Å². The normalized spacial score (nSPS) is 11.1. The van der Waals surface area contributed by atoms with Crippen molar-refractivity contribution >= 4 is 11.6 Å². The number of hydrogen-bond donors (Lipinski definition) is 1. The molecule has 0 bridgehead atoms. The zero-order chi connectivity index (χ0) is 19.1. The Morgan fingerprint density at radius 1 is 0.926 bits per heavy atom. The molecule has 0 saturated carbocycles. The summed E-state index contributed by atoms with van der Waals surface area (Å²) in [5.74, 6) is -1.05. The quantitative estimate of drug-likeness (QED) is 0.578. The van der Waals surface area contributed by atoms with Gasteiger partial charge in [-0.25, -0.2) is 14.3 Å². The highest BCUT2D eigenvalue weighted by Crippen LogP contribution is 2.34. The lowest BCUT2D eigenvalue weighted by atomic mass is 9.96. The summed E-state index contributed by atoms with van der Waals surface area (Å²) in [4.78, 5) is 16.2.